The van der Waals surface area contributed by atoms with Crippen molar-refractivity contribution in [2.24, 2.45) is 0 Å². The fourth-order valence-corrected chi connectivity index (χ4v) is 2.88. The highest BCUT2D eigenvalue weighted by atomic mass is 16.8. The van der Waals surface area contributed by atoms with Crippen molar-refractivity contribution in [3.05, 3.63) is 0 Å². The molecule has 3 unspecified atom stereocenters. The van der Waals surface area contributed by atoms with Crippen molar-refractivity contribution in [3.63, 3.8) is 0 Å². The van der Waals surface area contributed by atoms with Crippen LogP contribution in [0.1, 0.15) is 6.42 Å². The first-order chi connectivity index (χ1) is 9.91. The lowest BCUT2D eigenvalue weighted by Crippen LogP contribution is -2.68. The van der Waals surface area contributed by atoms with Gasteiger partial charge in [-0.2, -0.15) is 0 Å². The minimum Gasteiger partial charge on any atom is -0.394 e. The molecule has 3 rings (SSSR count). The Bertz CT molecular complexity index is 381. The molecule has 3 fully saturated rings. The first kappa shape index (κ1) is 15.5. The topological polar surface area (TPSA) is 138 Å². The second-order valence-electron chi connectivity index (χ2n) is 5.72. The highest BCUT2D eigenvalue weighted by molar-refractivity contribution is 4.98. The van der Waals surface area contributed by atoms with Gasteiger partial charge in [-0.25, -0.2) is 0 Å². The van der Waals surface area contributed by atoms with E-state index in [0.29, 0.717) is 0 Å². The van der Waals surface area contributed by atoms with Crippen molar-refractivity contribution in [2.45, 2.75) is 48.5 Å². The van der Waals surface area contributed by atoms with Gasteiger partial charge in [0.05, 0.1) is 19.3 Å². The molecule has 3 heterocycles. The standard InChI is InChI=1S/C12H20O9/c13-2-8-6(14)1-11(21-8)4-20-12(5-19-11)10(17)9(16)7(15)3-18-12/h6-10,13-17H,1-5H2/t6?,7-,8-,9?,10?,11-,12+/m1/s1. The molecule has 3 aliphatic heterocycles. The summed E-state index contributed by atoms with van der Waals surface area (Å²) in [5, 5.41) is 48.1. The average molecular weight is 308 g/mol. The van der Waals surface area contributed by atoms with Crippen LogP contribution in [0.25, 0.3) is 0 Å². The number of aliphatic hydroxyl groups excluding tert-OH is 5. The molecule has 9 heteroatoms. The Kier molecular flexibility index (Phi) is 3.97. The molecule has 0 amide bonds. The van der Waals surface area contributed by atoms with Crippen molar-refractivity contribution in [3.8, 4) is 0 Å². The zero-order valence-corrected chi connectivity index (χ0v) is 11.3. The Morgan fingerprint density at radius 3 is 2.29 bits per heavy atom. The minimum atomic E-state index is -1.57. The van der Waals surface area contributed by atoms with Gasteiger partial charge in [0.2, 0.25) is 5.79 Å². The average Bonchev–Trinajstić information content (AvgIpc) is 2.80. The first-order valence-electron chi connectivity index (χ1n) is 6.84. The van der Waals surface area contributed by atoms with Crippen LogP contribution >= 0.6 is 0 Å². The van der Waals surface area contributed by atoms with Crippen LogP contribution in [-0.2, 0) is 18.9 Å². The van der Waals surface area contributed by atoms with Crippen LogP contribution in [0.3, 0.4) is 0 Å². The molecule has 5 N–H and O–H groups in total. The van der Waals surface area contributed by atoms with Gasteiger partial charge in [-0.15, -0.1) is 0 Å². The summed E-state index contributed by atoms with van der Waals surface area (Å²) in [6, 6.07) is 0. The molecule has 0 aromatic rings. The second kappa shape index (κ2) is 5.37. The first-order valence-corrected chi connectivity index (χ1v) is 6.84. The van der Waals surface area contributed by atoms with Crippen molar-refractivity contribution in [1.29, 1.82) is 0 Å². The lowest BCUT2D eigenvalue weighted by molar-refractivity contribution is -0.422. The predicted octanol–water partition coefficient (Wildman–Crippen LogP) is -3.32. The Morgan fingerprint density at radius 1 is 0.952 bits per heavy atom. The summed E-state index contributed by atoms with van der Waals surface area (Å²) in [4.78, 5) is 0. The predicted molar refractivity (Wildman–Crippen MR) is 63.9 cm³/mol. The quantitative estimate of drug-likeness (QED) is 0.337. The van der Waals surface area contributed by atoms with E-state index in [9.17, 15) is 20.4 Å². The highest BCUT2D eigenvalue weighted by Crippen LogP contribution is 2.40. The number of hydrogen-bond donors (Lipinski definition) is 5. The molecule has 2 spiro atoms. The van der Waals surface area contributed by atoms with Crippen molar-refractivity contribution >= 4 is 0 Å². The molecular weight excluding hydrogens is 288 g/mol. The van der Waals surface area contributed by atoms with Crippen LogP contribution in [0.5, 0.6) is 0 Å². The van der Waals surface area contributed by atoms with Gasteiger partial charge in [0.1, 0.15) is 37.6 Å². The summed E-state index contributed by atoms with van der Waals surface area (Å²) in [5.74, 6) is -2.78. The van der Waals surface area contributed by atoms with E-state index < -0.39 is 42.1 Å². The number of rotatable bonds is 1. The Labute approximate surface area is 120 Å². The number of hydrogen-bond acceptors (Lipinski definition) is 9. The molecule has 0 aliphatic carbocycles. The third-order valence-electron chi connectivity index (χ3n) is 4.23. The largest absolute Gasteiger partial charge is 0.394 e. The van der Waals surface area contributed by atoms with E-state index in [1.165, 1.54) is 0 Å². The van der Waals surface area contributed by atoms with E-state index in [1.54, 1.807) is 0 Å². The molecule has 0 bridgehead atoms. The van der Waals surface area contributed by atoms with Crippen LogP contribution in [0.4, 0.5) is 0 Å². The van der Waals surface area contributed by atoms with Gasteiger partial charge in [-0.3, -0.25) is 0 Å². The van der Waals surface area contributed by atoms with Crippen LogP contribution in [-0.4, -0.2) is 94.1 Å². The van der Waals surface area contributed by atoms with E-state index in [4.69, 9.17) is 24.1 Å². The van der Waals surface area contributed by atoms with E-state index in [2.05, 4.69) is 0 Å². The van der Waals surface area contributed by atoms with Crippen LogP contribution in [0.2, 0.25) is 0 Å². The molecule has 0 radical (unpaired) electrons. The summed E-state index contributed by atoms with van der Waals surface area (Å²) in [5.41, 5.74) is 0. The molecule has 0 aromatic heterocycles. The van der Waals surface area contributed by atoms with E-state index >= 15 is 0 Å². The molecule has 7 atom stereocenters. The summed E-state index contributed by atoms with van der Waals surface area (Å²) >= 11 is 0. The Morgan fingerprint density at radius 2 is 1.71 bits per heavy atom. The molecule has 3 aliphatic rings. The lowest BCUT2D eigenvalue weighted by Gasteiger charge is -2.49. The smallest absolute Gasteiger partial charge is 0.221 e. The third kappa shape index (κ3) is 2.48. The third-order valence-corrected chi connectivity index (χ3v) is 4.23. The maximum absolute atomic E-state index is 10.0. The zero-order chi connectivity index (χ0) is 15.3. The molecule has 9 nitrogen and oxygen atoms in total. The minimum absolute atomic E-state index is 0.121. The number of ether oxygens (including phenoxy) is 4. The van der Waals surface area contributed by atoms with Crippen molar-refractivity contribution < 1.29 is 44.5 Å². The summed E-state index contributed by atoms with van der Waals surface area (Å²) in [6.45, 7) is -0.915. The lowest BCUT2D eigenvalue weighted by atomic mass is 9.96. The van der Waals surface area contributed by atoms with E-state index in [1.807, 2.05) is 0 Å². The van der Waals surface area contributed by atoms with Gasteiger partial charge in [0.15, 0.2) is 5.79 Å². The summed E-state index contributed by atoms with van der Waals surface area (Å²) in [7, 11) is 0. The van der Waals surface area contributed by atoms with Gasteiger partial charge in [-0.1, -0.05) is 0 Å². The molecule has 0 saturated carbocycles. The van der Waals surface area contributed by atoms with Gasteiger partial charge in [0.25, 0.3) is 0 Å². The van der Waals surface area contributed by atoms with Crippen molar-refractivity contribution in [1.82, 2.24) is 0 Å². The van der Waals surface area contributed by atoms with Gasteiger partial charge < -0.3 is 44.5 Å². The normalized spacial score (nSPS) is 54.4. The molecule has 122 valence electrons. The summed E-state index contributed by atoms with van der Waals surface area (Å²) < 4.78 is 21.9. The van der Waals surface area contributed by atoms with Gasteiger partial charge in [0, 0.05) is 6.42 Å². The second-order valence-corrected chi connectivity index (χ2v) is 5.72. The van der Waals surface area contributed by atoms with Crippen LogP contribution in [0.15, 0.2) is 0 Å². The van der Waals surface area contributed by atoms with E-state index in [0.717, 1.165) is 0 Å². The maximum Gasteiger partial charge on any atom is 0.221 e. The zero-order valence-electron chi connectivity index (χ0n) is 11.3. The Balaban J connectivity index is 1.68. The maximum atomic E-state index is 10.0. The van der Waals surface area contributed by atoms with Gasteiger partial charge in [-0.05, 0) is 0 Å². The molecule has 0 aromatic carbocycles. The fourth-order valence-electron chi connectivity index (χ4n) is 2.88. The van der Waals surface area contributed by atoms with Crippen LogP contribution in [0, 0.1) is 0 Å². The van der Waals surface area contributed by atoms with Crippen molar-refractivity contribution in [2.75, 3.05) is 26.4 Å². The van der Waals surface area contributed by atoms with Gasteiger partial charge >= 0.3 is 0 Å². The Hall–Kier alpha value is -0.360. The monoisotopic (exact) mass is 308 g/mol. The molecule has 21 heavy (non-hydrogen) atoms. The summed E-state index contributed by atoms with van der Waals surface area (Å²) in [6.07, 6.45) is -5.59. The van der Waals surface area contributed by atoms with Crippen LogP contribution < -0.4 is 0 Å². The van der Waals surface area contributed by atoms with E-state index in [-0.39, 0.29) is 32.8 Å². The molecule has 3 saturated heterocycles. The molecular formula is C12H20O9. The SMILES string of the molecule is OC[C@H]1O[C@@]2(CO[C@]3(CO2)OC[C@@H](O)C(O)C3O)CC1O. The number of aliphatic hydroxyl groups is 5. The highest BCUT2D eigenvalue weighted by Gasteiger charge is 2.58. The fraction of sp³-hybridized carbons (Fsp3) is 1.00.